The van der Waals surface area contributed by atoms with Gasteiger partial charge in [-0.25, -0.2) is 0 Å². The van der Waals surface area contributed by atoms with Crippen molar-refractivity contribution >= 4 is 29.0 Å². The first-order valence-electron chi connectivity index (χ1n) is 6.79. The molecule has 2 aromatic rings. The molecule has 0 radical (unpaired) electrons. The molecular formula is C15H17Cl2N3O. The highest BCUT2D eigenvalue weighted by molar-refractivity contribution is 6.36. The lowest BCUT2D eigenvalue weighted by molar-refractivity contribution is 0.455. The van der Waals surface area contributed by atoms with E-state index in [2.05, 4.69) is 15.3 Å². The van der Waals surface area contributed by atoms with Crippen LogP contribution in [-0.4, -0.2) is 16.5 Å². The van der Waals surface area contributed by atoms with E-state index >= 15 is 0 Å². The number of nitrogens with zero attached hydrogens (tertiary/aromatic N) is 2. The van der Waals surface area contributed by atoms with E-state index in [0.717, 1.165) is 17.8 Å². The second kappa shape index (κ2) is 6.96. The van der Waals surface area contributed by atoms with E-state index in [1.807, 2.05) is 32.9 Å². The molecule has 0 fully saturated rings. The molecule has 1 N–H and O–H groups in total. The van der Waals surface area contributed by atoms with Crippen LogP contribution in [0.5, 0.6) is 11.6 Å². The Morgan fingerprint density at radius 2 is 1.90 bits per heavy atom. The largest absolute Gasteiger partial charge is 0.436 e. The molecule has 0 aliphatic heterocycles. The van der Waals surface area contributed by atoms with Crippen LogP contribution >= 0.6 is 23.2 Å². The van der Waals surface area contributed by atoms with Crippen molar-refractivity contribution in [2.75, 3.05) is 11.9 Å². The zero-order valence-corrected chi connectivity index (χ0v) is 13.7. The first-order chi connectivity index (χ1) is 10.0. The smallest absolute Gasteiger partial charge is 0.240 e. The Kier molecular flexibility index (Phi) is 5.26. The number of aryl methyl sites for hydroxylation is 2. The van der Waals surface area contributed by atoms with Gasteiger partial charge >= 0.3 is 0 Å². The van der Waals surface area contributed by atoms with Crippen LogP contribution < -0.4 is 10.1 Å². The molecule has 0 unspecified atom stereocenters. The minimum atomic E-state index is 0.317. The van der Waals surface area contributed by atoms with E-state index in [1.165, 1.54) is 0 Å². The number of halogens is 2. The van der Waals surface area contributed by atoms with Gasteiger partial charge in [0.25, 0.3) is 0 Å². The van der Waals surface area contributed by atoms with Crippen molar-refractivity contribution in [2.45, 2.75) is 27.2 Å². The molecule has 0 atom stereocenters. The molecule has 0 saturated carbocycles. The van der Waals surface area contributed by atoms with Crippen LogP contribution in [0.1, 0.15) is 25.2 Å². The van der Waals surface area contributed by atoms with Gasteiger partial charge in [-0.2, -0.15) is 4.98 Å². The minimum Gasteiger partial charge on any atom is -0.436 e. The third kappa shape index (κ3) is 3.77. The predicted molar refractivity (Wildman–Crippen MR) is 86.8 cm³/mol. The molecule has 4 nitrogen and oxygen atoms in total. The van der Waals surface area contributed by atoms with Gasteiger partial charge in [0.2, 0.25) is 5.88 Å². The molecule has 0 aromatic carbocycles. The summed E-state index contributed by atoms with van der Waals surface area (Å²) in [5.41, 5.74) is 1.82. The number of hydrogen-bond donors (Lipinski definition) is 1. The molecule has 2 rings (SSSR count). The van der Waals surface area contributed by atoms with Gasteiger partial charge < -0.3 is 10.1 Å². The number of rotatable bonds is 5. The molecule has 0 spiro atoms. The Hall–Kier alpha value is -1.52. The molecule has 0 aliphatic carbocycles. The summed E-state index contributed by atoms with van der Waals surface area (Å²) in [6, 6.07) is 5.39. The maximum Gasteiger partial charge on any atom is 0.240 e. The second-order valence-electron chi connectivity index (χ2n) is 4.49. The van der Waals surface area contributed by atoms with Crippen molar-refractivity contribution in [2.24, 2.45) is 0 Å². The van der Waals surface area contributed by atoms with Crippen molar-refractivity contribution in [3.05, 3.63) is 39.6 Å². The molecule has 0 saturated heterocycles. The number of aromatic nitrogens is 2. The Balaban J connectivity index is 2.37. The fourth-order valence-corrected chi connectivity index (χ4v) is 2.32. The third-order valence-electron chi connectivity index (χ3n) is 2.85. The van der Waals surface area contributed by atoms with E-state index in [1.54, 1.807) is 6.07 Å². The van der Waals surface area contributed by atoms with Gasteiger partial charge in [0.05, 0.1) is 10.7 Å². The summed E-state index contributed by atoms with van der Waals surface area (Å²) >= 11 is 12.2. The van der Waals surface area contributed by atoms with Crippen LogP contribution in [0.3, 0.4) is 0 Å². The molecular weight excluding hydrogens is 309 g/mol. The summed E-state index contributed by atoms with van der Waals surface area (Å²) in [5, 5.41) is 3.90. The number of ether oxygens (including phenoxy) is 1. The maximum absolute atomic E-state index is 6.16. The summed E-state index contributed by atoms with van der Waals surface area (Å²) in [6.07, 6.45) is 0.766. The van der Waals surface area contributed by atoms with Crippen molar-refractivity contribution in [3.8, 4) is 11.6 Å². The fraction of sp³-hybridized carbons (Fsp3) is 0.333. The molecule has 2 heterocycles. The molecule has 0 aliphatic rings. The molecule has 112 valence electrons. The highest BCUT2D eigenvalue weighted by atomic mass is 35.5. The summed E-state index contributed by atoms with van der Waals surface area (Å²) in [5.74, 6) is 1.52. The average Bonchev–Trinajstić information content (AvgIpc) is 2.45. The van der Waals surface area contributed by atoms with Gasteiger partial charge in [-0.1, -0.05) is 30.1 Å². The SMILES string of the molecule is CCNc1nc(Oc2ccc(C)nc2CC)c(Cl)cc1Cl. The summed E-state index contributed by atoms with van der Waals surface area (Å²) in [4.78, 5) is 8.79. The highest BCUT2D eigenvalue weighted by Crippen LogP contribution is 2.34. The van der Waals surface area contributed by atoms with Crippen molar-refractivity contribution < 1.29 is 4.74 Å². The van der Waals surface area contributed by atoms with Crippen LogP contribution in [0, 0.1) is 6.92 Å². The number of pyridine rings is 2. The predicted octanol–water partition coefficient (Wildman–Crippen LogP) is 4.88. The Morgan fingerprint density at radius 3 is 2.57 bits per heavy atom. The normalized spacial score (nSPS) is 10.5. The molecule has 2 aromatic heterocycles. The van der Waals surface area contributed by atoms with E-state index in [9.17, 15) is 0 Å². The quantitative estimate of drug-likeness (QED) is 0.851. The van der Waals surface area contributed by atoms with E-state index < -0.39 is 0 Å². The van der Waals surface area contributed by atoms with Crippen molar-refractivity contribution in [1.29, 1.82) is 0 Å². The number of anilines is 1. The summed E-state index contributed by atoms with van der Waals surface area (Å²) < 4.78 is 5.82. The molecule has 21 heavy (non-hydrogen) atoms. The zero-order valence-electron chi connectivity index (χ0n) is 12.2. The standard InChI is InChI=1S/C15H17Cl2N3O/c1-4-12-13(7-6-9(3)19-12)21-15-11(17)8-10(16)14(20-15)18-5-2/h6-8H,4-5H2,1-3H3,(H,18,20). The summed E-state index contributed by atoms with van der Waals surface area (Å²) in [6.45, 7) is 6.64. The van der Waals surface area contributed by atoms with Gasteiger partial charge in [0, 0.05) is 12.2 Å². The lowest BCUT2D eigenvalue weighted by Gasteiger charge is -2.13. The number of nitrogens with one attached hydrogen (secondary N) is 1. The first-order valence-corrected chi connectivity index (χ1v) is 7.55. The van der Waals surface area contributed by atoms with Crippen molar-refractivity contribution in [1.82, 2.24) is 9.97 Å². The highest BCUT2D eigenvalue weighted by Gasteiger charge is 2.13. The third-order valence-corrected chi connectivity index (χ3v) is 3.41. The fourth-order valence-electron chi connectivity index (χ4n) is 1.86. The lowest BCUT2D eigenvalue weighted by Crippen LogP contribution is -2.02. The van der Waals surface area contributed by atoms with Crippen LogP contribution in [0.4, 0.5) is 5.82 Å². The van der Waals surface area contributed by atoms with Crippen LogP contribution in [0.2, 0.25) is 10.0 Å². The Bertz CT molecular complexity index is 647. The van der Waals surface area contributed by atoms with E-state index in [4.69, 9.17) is 27.9 Å². The zero-order chi connectivity index (χ0) is 15.4. The van der Waals surface area contributed by atoms with Gasteiger partial charge in [0.1, 0.15) is 10.8 Å². The Labute approximate surface area is 134 Å². The molecule has 0 bridgehead atoms. The van der Waals surface area contributed by atoms with Gasteiger partial charge in [0.15, 0.2) is 5.75 Å². The van der Waals surface area contributed by atoms with E-state index in [-0.39, 0.29) is 0 Å². The second-order valence-corrected chi connectivity index (χ2v) is 5.30. The molecule has 0 amide bonds. The van der Waals surface area contributed by atoms with Gasteiger partial charge in [-0.15, -0.1) is 0 Å². The Morgan fingerprint density at radius 1 is 1.14 bits per heavy atom. The van der Waals surface area contributed by atoms with Crippen LogP contribution in [0.15, 0.2) is 18.2 Å². The van der Waals surface area contributed by atoms with Crippen LogP contribution in [0.25, 0.3) is 0 Å². The monoisotopic (exact) mass is 325 g/mol. The van der Waals surface area contributed by atoms with Gasteiger partial charge in [-0.3, -0.25) is 4.98 Å². The minimum absolute atomic E-state index is 0.317. The maximum atomic E-state index is 6.16. The lowest BCUT2D eigenvalue weighted by atomic mass is 10.2. The molecule has 6 heteroatoms. The summed E-state index contributed by atoms with van der Waals surface area (Å²) in [7, 11) is 0. The van der Waals surface area contributed by atoms with E-state index in [0.29, 0.717) is 34.0 Å². The van der Waals surface area contributed by atoms with Crippen LogP contribution in [-0.2, 0) is 6.42 Å². The van der Waals surface area contributed by atoms with Crippen molar-refractivity contribution in [3.63, 3.8) is 0 Å². The average molecular weight is 326 g/mol. The first kappa shape index (κ1) is 15.9. The number of hydrogen-bond acceptors (Lipinski definition) is 4. The van der Waals surface area contributed by atoms with Gasteiger partial charge in [-0.05, 0) is 38.5 Å². The topological polar surface area (TPSA) is 47.0 Å².